The van der Waals surface area contributed by atoms with E-state index < -0.39 is 0 Å². The molecule has 0 saturated carbocycles. The topological polar surface area (TPSA) is 43.2 Å². The van der Waals surface area contributed by atoms with Gasteiger partial charge in [0.05, 0.1) is 24.9 Å². The number of aromatic nitrogens is 3. The lowest BCUT2D eigenvalue weighted by molar-refractivity contribution is 0.0330. The molecule has 4 aromatic rings. The molecule has 156 valence electrons. The van der Waals surface area contributed by atoms with Gasteiger partial charge in [-0.25, -0.2) is 4.68 Å². The Morgan fingerprint density at radius 2 is 1.90 bits per heavy atom. The molecule has 0 spiro atoms. The van der Waals surface area contributed by atoms with Gasteiger partial charge in [-0.05, 0) is 36.6 Å². The van der Waals surface area contributed by atoms with Crippen molar-refractivity contribution in [2.75, 3.05) is 32.8 Å². The number of unbranched alkanes of at least 4 members (excludes halogenated alkanes) is 1. The van der Waals surface area contributed by atoms with Gasteiger partial charge in [0.2, 0.25) is 0 Å². The molecule has 1 fully saturated rings. The molecule has 0 amide bonds. The smallest absolute Gasteiger partial charge is 0.0913 e. The third-order valence-corrected chi connectivity index (χ3v) is 7.14. The minimum absolute atomic E-state index is 0.147. The average Bonchev–Trinajstić information content (AvgIpc) is 3.41. The first-order valence-corrected chi connectivity index (χ1v) is 11.8. The molecule has 6 heteroatoms. The van der Waals surface area contributed by atoms with E-state index in [1.807, 2.05) is 11.3 Å². The van der Waals surface area contributed by atoms with Crippen molar-refractivity contribution in [3.63, 3.8) is 0 Å². The molecule has 0 N–H and O–H groups in total. The van der Waals surface area contributed by atoms with Gasteiger partial charge in [-0.1, -0.05) is 42.8 Å². The molecular formula is C24H28N4OS. The highest BCUT2D eigenvalue weighted by Gasteiger charge is 2.22. The van der Waals surface area contributed by atoms with Crippen molar-refractivity contribution in [1.29, 1.82) is 0 Å². The summed E-state index contributed by atoms with van der Waals surface area (Å²) >= 11 is 1.87. The van der Waals surface area contributed by atoms with Crippen molar-refractivity contribution in [2.24, 2.45) is 0 Å². The van der Waals surface area contributed by atoms with Gasteiger partial charge < -0.3 is 4.74 Å². The third-order valence-electron chi connectivity index (χ3n) is 5.98. The number of hydrogen-bond acceptors (Lipinski definition) is 5. The molecule has 1 atom stereocenters. The molecule has 2 aromatic carbocycles. The van der Waals surface area contributed by atoms with Crippen molar-refractivity contribution >= 4 is 31.5 Å². The van der Waals surface area contributed by atoms with E-state index in [0.29, 0.717) is 0 Å². The van der Waals surface area contributed by atoms with Crippen LogP contribution in [0.1, 0.15) is 37.1 Å². The lowest BCUT2D eigenvalue weighted by Crippen LogP contribution is -2.40. The van der Waals surface area contributed by atoms with E-state index in [1.165, 1.54) is 32.2 Å². The van der Waals surface area contributed by atoms with Crippen LogP contribution in [0.15, 0.2) is 48.7 Å². The molecule has 0 aliphatic carbocycles. The molecular weight excluding hydrogens is 392 g/mol. The van der Waals surface area contributed by atoms with Crippen LogP contribution in [0.2, 0.25) is 0 Å². The predicted molar refractivity (Wildman–Crippen MR) is 123 cm³/mol. The largest absolute Gasteiger partial charge is 0.379 e. The first kappa shape index (κ1) is 19.7. The molecule has 2 aromatic heterocycles. The Morgan fingerprint density at radius 3 is 2.77 bits per heavy atom. The number of ether oxygens (including phenoxy) is 1. The molecule has 30 heavy (non-hydrogen) atoms. The highest BCUT2D eigenvalue weighted by atomic mass is 32.1. The van der Waals surface area contributed by atoms with E-state index in [9.17, 15) is 0 Å². The second-order valence-corrected chi connectivity index (χ2v) is 9.16. The zero-order valence-corrected chi connectivity index (χ0v) is 18.3. The highest BCUT2D eigenvalue weighted by molar-refractivity contribution is 7.25. The fourth-order valence-electron chi connectivity index (χ4n) is 4.26. The molecule has 3 heterocycles. The summed E-state index contributed by atoms with van der Waals surface area (Å²) < 4.78 is 10.3. The Balaban J connectivity index is 1.53. The maximum Gasteiger partial charge on any atom is 0.0913 e. The molecule has 1 unspecified atom stereocenters. The van der Waals surface area contributed by atoms with Crippen LogP contribution >= 0.6 is 11.3 Å². The summed E-state index contributed by atoms with van der Waals surface area (Å²) in [5.74, 6) is 0. The zero-order chi connectivity index (χ0) is 20.3. The van der Waals surface area contributed by atoms with Crippen LogP contribution in [0, 0.1) is 0 Å². The van der Waals surface area contributed by atoms with Crippen LogP contribution in [0.3, 0.4) is 0 Å². The number of thiophene rings is 1. The van der Waals surface area contributed by atoms with Gasteiger partial charge in [-0.2, -0.15) is 0 Å². The lowest BCUT2D eigenvalue weighted by Gasteiger charge is -2.30. The maximum absolute atomic E-state index is 5.56. The van der Waals surface area contributed by atoms with Crippen LogP contribution in [-0.2, 0) is 11.2 Å². The number of benzene rings is 2. The summed E-state index contributed by atoms with van der Waals surface area (Å²) in [5.41, 5.74) is 2.38. The highest BCUT2D eigenvalue weighted by Crippen LogP contribution is 2.35. The first-order valence-electron chi connectivity index (χ1n) is 10.9. The summed E-state index contributed by atoms with van der Waals surface area (Å²) in [4.78, 5) is 2.48. The quantitative estimate of drug-likeness (QED) is 0.426. The van der Waals surface area contributed by atoms with Gasteiger partial charge in [-0.15, -0.1) is 16.4 Å². The molecule has 5 nitrogen and oxygen atoms in total. The Labute approximate surface area is 181 Å². The van der Waals surface area contributed by atoms with Gasteiger partial charge in [0.15, 0.2) is 0 Å². The van der Waals surface area contributed by atoms with E-state index in [1.54, 1.807) is 0 Å². The standard InChI is InChI=1S/C24H28N4OS/c1-2-3-6-19-16-28(26-25-19)22(17-27-11-13-29-14-12-27)18-9-10-24-21(15-18)20-7-4-5-8-23(20)30-24/h4-5,7-10,15-16,22H,2-3,6,11-14,17H2,1H3. The normalized spacial score (nSPS) is 16.4. The molecule has 1 saturated heterocycles. The SMILES string of the molecule is CCCCc1cn(C(CN2CCOCC2)c2ccc3sc4ccccc4c3c2)nn1. The monoisotopic (exact) mass is 420 g/mol. The predicted octanol–water partition coefficient (Wildman–Crippen LogP) is 4.91. The van der Waals surface area contributed by atoms with Crippen LogP contribution in [-0.4, -0.2) is 52.7 Å². The van der Waals surface area contributed by atoms with Crippen molar-refractivity contribution < 1.29 is 4.74 Å². The zero-order valence-electron chi connectivity index (χ0n) is 17.5. The van der Waals surface area contributed by atoms with E-state index in [-0.39, 0.29) is 6.04 Å². The summed E-state index contributed by atoms with van der Waals surface area (Å²) in [5, 5.41) is 11.7. The van der Waals surface area contributed by atoms with Crippen molar-refractivity contribution in [3.05, 3.63) is 59.9 Å². The number of fused-ring (bicyclic) bond motifs is 3. The summed E-state index contributed by atoms with van der Waals surface area (Å²) in [6, 6.07) is 15.8. The second-order valence-electron chi connectivity index (χ2n) is 8.08. The Kier molecular flexibility index (Phi) is 5.79. The summed E-state index contributed by atoms with van der Waals surface area (Å²) in [6.45, 7) is 6.69. The lowest BCUT2D eigenvalue weighted by atomic mass is 10.0. The van der Waals surface area contributed by atoms with Gasteiger partial charge in [-0.3, -0.25) is 4.90 Å². The van der Waals surface area contributed by atoms with Crippen LogP contribution in [0.4, 0.5) is 0 Å². The fourth-order valence-corrected chi connectivity index (χ4v) is 5.35. The van der Waals surface area contributed by atoms with Gasteiger partial charge >= 0.3 is 0 Å². The second kappa shape index (κ2) is 8.84. The number of morpholine rings is 1. The van der Waals surface area contributed by atoms with Crippen LogP contribution in [0.5, 0.6) is 0 Å². The third kappa shape index (κ3) is 4.00. The van der Waals surface area contributed by atoms with Crippen molar-refractivity contribution in [1.82, 2.24) is 19.9 Å². The maximum atomic E-state index is 5.56. The van der Waals surface area contributed by atoms with Gasteiger partial charge in [0.1, 0.15) is 0 Å². The molecule has 0 bridgehead atoms. The summed E-state index contributed by atoms with van der Waals surface area (Å²) in [7, 11) is 0. The summed E-state index contributed by atoms with van der Waals surface area (Å²) in [6.07, 6.45) is 5.47. The fraction of sp³-hybridized carbons (Fsp3) is 0.417. The molecule has 1 aliphatic rings. The number of rotatable bonds is 7. The van der Waals surface area contributed by atoms with Crippen LogP contribution in [0.25, 0.3) is 20.2 Å². The first-order chi connectivity index (χ1) is 14.8. The minimum Gasteiger partial charge on any atom is -0.379 e. The number of aryl methyl sites for hydroxylation is 1. The number of nitrogens with zero attached hydrogens (tertiary/aromatic N) is 4. The molecule has 5 rings (SSSR count). The molecule has 0 radical (unpaired) electrons. The van der Waals surface area contributed by atoms with E-state index >= 15 is 0 Å². The number of hydrogen-bond donors (Lipinski definition) is 0. The van der Waals surface area contributed by atoms with E-state index in [4.69, 9.17) is 4.74 Å². The average molecular weight is 421 g/mol. The minimum atomic E-state index is 0.147. The van der Waals surface area contributed by atoms with Crippen LogP contribution < -0.4 is 0 Å². The Hall–Kier alpha value is -2.28. The Bertz CT molecular complexity index is 1130. The van der Waals surface area contributed by atoms with E-state index in [0.717, 1.165) is 51.4 Å². The molecule has 1 aliphatic heterocycles. The van der Waals surface area contributed by atoms with Gasteiger partial charge in [0.25, 0.3) is 0 Å². The van der Waals surface area contributed by atoms with E-state index in [2.05, 4.69) is 75.5 Å². The van der Waals surface area contributed by atoms with Crippen molar-refractivity contribution in [3.8, 4) is 0 Å². The van der Waals surface area contributed by atoms with Gasteiger partial charge in [0, 0.05) is 46.0 Å². The van der Waals surface area contributed by atoms with Crippen molar-refractivity contribution in [2.45, 2.75) is 32.2 Å². The Morgan fingerprint density at radius 1 is 1.07 bits per heavy atom.